The minimum Gasteiger partial charge on any atom is -0.316 e. The van der Waals surface area contributed by atoms with Gasteiger partial charge in [0.25, 0.3) is 0 Å². The molecule has 0 rings (SSSR count). The van der Waals surface area contributed by atoms with E-state index in [9.17, 15) is 4.21 Å². The van der Waals surface area contributed by atoms with Gasteiger partial charge in [-0.25, -0.2) is 0 Å². The van der Waals surface area contributed by atoms with E-state index in [1.54, 1.807) is 0 Å². The van der Waals surface area contributed by atoms with E-state index in [0.29, 0.717) is 11.2 Å². The third kappa shape index (κ3) is 4.88. The van der Waals surface area contributed by atoms with Crippen LogP contribution in [0.25, 0.3) is 0 Å². The van der Waals surface area contributed by atoms with Gasteiger partial charge < -0.3 is 5.32 Å². The molecule has 0 heterocycles. The summed E-state index contributed by atoms with van der Waals surface area (Å²) in [4.78, 5) is 0. The summed E-state index contributed by atoms with van der Waals surface area (Å²) in [6.07, 6.45) is 0. The largest absolute Gasteiger partial charge is 0.316 e. The smallest absolute Gasteiger partial charge is 0.0362 e. The van der Waals surface area contributed by atoms with Crippen molar-refractivity contribution in [3.05, 3.63) is 0 Å². The molecule has 0 aromatic heterocycles. The lowest BCUT2D eigenvalue weighted by atomic mass is 10.2. The number of nitrogens with one attached hydrogen (secondary N) is 1. The highest BCUT2D eigenvalue weighted by Gasteiger charge is 2.13. The molecular formula is C9H21NOS. The Kier molecular flexibility index (Phi) is 6.67. The van der Waals surface area contributed by atoms with Gasteiger partial charge in [0.1, 0.15) is 0 Å². The lowest BCUT2D eigenvalue weighted by molar-refractivity contribution is 0.603. The van der Waals surface area contributed by atoms with E-state index in [2.05, 4.69) is 33.0 Å². The third-order valence-electron chi connectivity index (χ3n) is 2.08. The minimum absolute atomic E-state index is 0.323. The van der Waals surface area contributed by atoms with Crippen molar-refractivity contribution in [1.82, 2.24) is 5.32 Å². The van der Waals surface area contributed by atoms with Crippen LogP contribution in [0.2, 0.25) is 0 Å². The topological polar surface area (TPSA) is 29.1 Å². The maximum atomic E-state index is 11.5. The van der Waals surface area contributed by atoms with Crippen LogP contribution in [-0.2, 0) is 10.8 Å². The highest BCUT2D eigenvalue weighted by Crippen LogP contribution is 2.07. The molecule has 0 radical (unpaired) electrons. The summed E-state index contributed by atoms with van der Waals surface area (Å²) < 4.78 is 11.5. The molecule has 0 amide bonds. The van der Waals surface area contributed by atoms with Crippen molar-refractivity contribution in [2.24, 2.45) is 5.92 Å². The molecule has 12 heavy (non-hydrogen) atoms. The summed E-state index contributed by atoms with van der Waals surface area (Å²) in [5.74, 6) is 1.31. The number of hydrogen-bond acceptors (Lipinski definition) is 2. The predicted molar refractivity (Wildman–Crippen MR) is 55.9 cm³/mol. The normalized spacial score (nSPS) is 16.4. The van der Waals surface area contributed by atoms with Crippen LogP contribution < -0.4 is 5.32 Å². The van der Waals surface area contributed by atoms with Crippen molar-refractivity contribution >= 4 is 10.8 Å². The second-order valence-electron chi connectivity index (χ2n) is 3.39. The Morgan fingerprint density at radius 3 is 2.33 bits per heavy atom. The van der Waals surface area contributed by atoms with Crippen LogP contribution in [0.3, 0.4) is 0 Å². The van der Waals surface area contributed by atoms with Crippen LogP contribution in [0.4, 0.5) is 0 Å². The summed E-state index contributed by atoms with van der Waals surface area (Å²) in [5.41, 5.74) is 0. The highest BCUT2D eigenvalue weighted by atomic mass is 32.2. The Morgan fingerprint density at radius 2 is 1.92 bits per heavy atom. The van der Waals surface area contributed by atoms with Crippen molar-refractivity contribution in [2.45, 2.75) is 32.9 Å². The molecule has 0 spiro atoms. The molecule has 2 nitrogen and oxygen atoms in total. The SMILES string of the molecule is CCNCCS(=O)C(C)C(C)C. The lowest BCUT2D eigenvalue weighted by Crippen LogP contribution is -2.26. The molecule has 0 aliphatic heterocycles. The summed E-state index contributed by atoms with van der Waals surface area (Å²) in [7, 11) is -0.659. The van der Waals surface area contributed by atoms with Crippen molar-refractivity contribution in [2.75, 3.05) is 18.8 Å². The molecule has 74 valence electrons. The summed E-state index contributed by atoms with van der Waals surface area (Å²) in [6.45, 7) is 10.2. The Balaban J connectivity index is 3.57. The summed E-state index contributed by atoms with van der Waals surface area (Å²) >= 11 is 0. The first-order chi connectivity index (χ1) is 5.59. The lowest BCUT2D eigenvalue weighted by Gasteiger charge is -2.14. The Bertz CT molecular complexity index is 136. The Hall–Kier alpha value is 0.110. The molecule has 0 saturated carbocycles. The first-order valence-corrected chi connectivity index (χ1v) is 6.05. The van der Waals surface area contributed by atoms with Gasteiger partial charge in [-0.05, 0) is 12.5 Å². The fourth-order valence-electron chi connectivity index (χ4n) is 0.839. The molecule has 1 N–H and O–H groups in total. The zero-order valence-electron chi connectivity index (χ0n) is 8.59. The van der Waals surface area contributed by atoms with Crippen LogP contribution >= 0.6 is 0 Å². The van der Waals surface area contributed by atoms with Crippen molar-refractivity contribution < 1.29 is 4.21 Å². The van der Waals surface area contributed by atoms with Crippen molar-refractivity contribution in [3.8, 4) is 0 Å². The van der Waals surface area contributed by atoms with Gasteiger partial charge in [0.2, 0.25) is 0 Å². The number of hydrogen-bond donors (Lipinski definition) is 1. The minimum atomic E-state index is -0.659. The molecule has 0 aliphatic carbocycles. The van der Waals surface area contributed by atoms with Gasteiger partial charge in [-0.3, -0.25) is 4.21 Å². The number of rotatable bonds is 6. The van der Waals surface area contributed by atoms with Gasteiger partial charge in [0.15, 0.2) is 0 Å². The monoisotopic (exact) mass is 191 g/mol. The summed E-state index contributed by atoms with van der Waals surface area (Å²) in [6, 6.07) is 0. The van der Waals surface area contributed by atoms with Crippen LogP contribution in [0.1, 0.15) is 27.7 Å². The summed E-state index contributed by atoms with van der Waals surface area (Å²) in [5, 5.41) is 3.50. The van der Waals surface area contributed by atoms with Gasteiger partial charge in [0, 0.05) is 28.3 Å². The standard InChI is InChI=1S/C9H21NOS/c1-5-10-6-7-12(11)9(4)8(2)3/h8-10H,5-7H2,1-4H3. The van der Waals surface area contributed by atoms with Crippen LogP contribution in [0.15, 0.2) is 0 Å². The fourth-order valence-corrected chi connectivity index (χ4v) is 2.16. The maximum Gasteiger partial charge on any atom is 0.0362 e. The first-order valence-electron chi connectivity index (χ1n) is 4.67. The van der Waals surface area contributed by atoms with Gasteiger partial charge >= 0.3 is 0 Å². The average molecular weight is 191 g/mol. The molecule has 3 heteroatoms. The van der Waals surface area contributed by atoms with E-state index in [-0.39, 0.29) is 0 Å². The van der Waals surface area contributed by atoms with Gasteiger partial charge in [-0.15, -0.1) is 0 Å². The first kappa shape index (κ1) is 12.1. The maximum absolute atomic E-state index is 11.5. The molecule has 0 saturated heterocycles. The average Bonchev–Trinajstić information content (AvgIpc) is 2.03. The van der Waals surface area contributed by atoms with Gasteiger partial charge in [0.05, 0.1) is 0 Å². The molecule has 0 fully saturated rings. The van der Waals surface area contributed by atoms with E-state index in [4.69, 9.17) is 0 Å². The van der Waals surface area contributed by atoms with E-state index < -0.39 is 10.8 Å². The van der Waals surface area contributed by atoms with E-state index >= 15 is 0 Å². The molecule has 0 aliphatic rings. The zero-order valence-corrected chi connectivity index (χ0v) is 9.41. The van der Waals surface area contributed by atoms with Crippen LogP contribution in [0.5, 0.6) is 0 Å². The van der Waals surface area contributed by atoms with Gasteiger partial charge in [-0.1, -0.05) is 27.7 Å². The van der Waals surface area contributed by atoms with Gasteiger partial charge in [-0.2, -0.15) is 0 Å². The van der Waals surface area contributed by atoms with Crippen molar-refractivity contribution in [3.63, 3.8) is 0 Å². The second kappa shape index (κ2) is 6.61. The zero-order chi connectivity index (χ0) is 9.56. The van der Waals surface area contributed by atoms with Crippen LogP contribution in [0, 0.1) is 5.92 Å². The van der Waals surface area contributed by atoms with E-state index in [0.717, 1.165) is 18.8 Å². The van der Waals surface area contributed by atoms with E-state index in [1.807, 2.05) is 0 Å². The third-order valence-corrected chi connectivity index (χ3v) is 4.06. The van der Waals surface area contributed by atoms with Crippen molar-refractivity contribution in [1.29, 1.82) is 0 Å². The highest BCUT2D eigenvalue weighted by molar-refractivity contribution is 7.85. The van der Waals surface area contributed by atoms with Crippen LogP contribution in [-0.4, -0.2) is 28.3 Å². The molecule has 2 atom stereocenters. The predicted octanol–water partition coefficient (Wildman–Crippen LogP) is 1.39. The molecule has 2 unspecified atom stereocenters. The quantitative estimate of drug-likeness (QED) is 0.643. The molecule has 0 bridgehead atoms. The molecule has 0 aromatic rings. The molecule has 0 aromatic carbocycles. The molecular weight excluding hydrogens is 170 g/mol. The Morgan fingerprint density at radius 1 is 1.33 bits per heavy atom. The van der Waals surface area contributed by atoms with E-state index in [1.165, 1.54) is 0 Å². The fraction of sp³-hybridized carbons (Fsp3) is 1.00. The second-order valence-corrected chi connectivity index (χ2v) is 5.30. The Labute approximate surface area is 78.6 Å².